The van der Waals surface area contributed by atoms with Crippen molar-refractivity contribution in [3.8, 4) is 5.75 Å². The first-order valence-corrected chi connectivity index (χ1v) is 11.4. The third kappa shape index (κ3) is 5.72. The minimum Gasteiger partial charge on any atom is -0.494 e. The third-order valence-electron chi connectivity index (χ3n) is 5.41. The van der Waals surface area contributed by atoms with Crippen LogP contribution in [-0.2, 0) is 4.79 Å². The van der Waals surface area contributed by atoms with E-state index in [0.717, 1.165) is 5.56 Å². The molecule has 4 aromatic rings. The quantitative estimate of drug-likeness (QED) is 0.365. The Kier molecular flexibility index (Phi) is 7.65. The number of halogens is 1. The van der Waals surface area contributed by atoms with Crippen molar-refractivity contribution < 1.29 is 18.7 Å². The number of hydrogen-bond donors (Lipinski definition) is 1. The summed E-state index contributed by atoms with van der Waals surface area (Å²) in [5.41, 5.74) is 2.46. The summed E-state index contributed by atoms with van der Waals surface area (Å²) in [5, 5.41) is 2.81. The molecule has 182 valence electrons. The third-order valence-corrected chi connectivity index (χ3v) is 5.41. The molecule has 1 heterocycles. The van der Waals surface area contributed by atoms with Gasteiger partial charge in [0.2, 0.25) is 0 Å². The molecule has 0 saturated heterocycles. The van der Waals surface area contributed by atoms with Crippen molar-refractivity contribution in [1.82, 2.24) is 9.97 Å². The number of ether oxygens (including phenoxy) is 1. The van der Waals surface area contributed by atoms with E-state index in [4.69, 9.17) is 4.74 Å². The van der Waals surface area contributed by atoms with Gasteiger partial charge in [0.1, 0.15) is 23.3 Å². The highest BCUT2D eigenvalue weighted by Crippen LogP contribution is 2.32. The molecule has 0 saturated carbocycles. The van der Waals surface area contributed by atoms with Crippen LogP contribution in [0.1, 0.15) is 34.6 Å². The molecule has 0 spiro atoms. The first kappa shape index (κ1) is 24.5. The number of carbonyl (C=O) groups excluding carboxylic acids is 2. The van der Waals surface area contributed by atoms with Crippen LogP contribution in [-0.4, -0.2) is 28.4 Å². The summed E-state index contributed by atoms with van der Waals surface area (Å²) in [6.07, 6.45) is 4.25. The van der Waals surface area contributed by atoms with E-state index in [1.165, 1.54) is 47.8 Å². The zero-order valence-electron chi connectivity index (χ0n) is 19.9. The molecule has 0 fully saturated rings. The van der Waals surface area contributed by atoms with E-state index in [1.54, 1.807) is 30.3 Å². The maximum absolute atomic E-state index is 13.8. The second kappa shape index (κ2) is 11.2. The average Bonchev–Trinajstić information content (AvgIpc) is 2.89. The van der Waals surface area contributed by atoms with Crippen molar-refractivity contribution >= 4 is 23.2 Å². The minimum atomic E-state index is -1.08. The van der Waals surface area contributed by atoms with Gasteiger partial charge in [-0.15, -0.1) is 0 Å². The maximum Gasteiger partial charge on any atom is 0.279 e. The van der Waals surface area contributed by atoms with E-state index >= 15 is 0 Å². The number of carbonyl (C=O) groups is 2. The van der Waals surface area contributed by atoms with Crippen LogP contribution >= 0.6 is 0 Å². The summed E-state index contributed by atoms with van der Waals surface area (Å²) >= 11 is 0. The molecule has 3 aromatic carbocycles. The summed E-state index contributed by atoms with van der Waals surface area (Å²) in [5.74, 6) is -0.761. The van der Waals surface area contributed by atoms with Crippen molar-refractivity contribution in [3.05, 3.63) is 114 Å². The van der Waals surface area contributed by atoms with Gasteiger partial charge >= 0.3 is 0 Å². The molecule has 0 aliphatic rings. The van der Waals surface area contributed by atoms with Gasteiger partial charge in [0.25, 0.3) is 11.8 Å². The Bertz CT molecular complexity index is 1330. The summed E-state index contributed by atoms with van der Waals surface area (Å²) in [7, 11) is 0. The predicted octanol–water partition coefficient (Wildman–Crippen LogP) is 5.35. The number of aryl methyl sites for hydroxylation is 1. The van der Waals surface area contributed by atoms with Gasteiger partial charge in [-0.1, -0.05) is 24.3 Å². The highest BCUT2D eigenvalue weighted by atomic mass is 19.1. The molecule has 0 aliphatic heterocycles. The van der Waals surface area contributed by atoms with E-state index in [2.05, 4.69) is 15.3 Å². The van der Waals surface area contributed by atoms with Crippen LogP contribution < -0.4 is 15.0 Å². The smallest absolute Gasteiger partial charge is 0.279 e. The van der Waals surface area contributed by atoms with Crippen LogP contribution in [0.3, 0.4) is 0 Å². The fraction of sp³-hybridized carbons (Fsp3) is 0.143. The molecule has 1 aromatic heterocycles. The number of nitrogens with zero attached hydrogens (tertiary/aromatic N) is 3. The molecule has 7 nitrogen and oxygen atoms in total. The zero-order valence-corrected chi connectivity index (χ0v) is 19.9. The van der Waals surface area contributed by atoms with E-state index < -0.39 is 23.7 Å². The number of rotatable bonds is 8. The Morgan fingerprint density at radius 3 is 2.42 bits per heavy atom. The topological polar surface area (TPSA) is 84.4 Å². The van der Waals surface area contributed by atoms with Crippen molar-refractivity contribution in [2.75, 3.05) is 16.8 Å². The van der Waals surface area contributed by atoms with Crippen LogP contribution in [0.15, 0.2) is 91.4 Å². The summed E-state index contributed by atoms with van der Waals surface area (Å²) in [6.45, 7) is 4.28. The number of benzene rings is 3. The molecule has 36 heavy (non-hydrogen) atoms. The summed E-state index contributed by atoms with van der Waals surface area (Å²) < 4.78 is 19.0. The van der Waals surface area contributed by atoms with E-state index in [9.17, 15) is 14.0 Å². The molecule has 0 unspecified atom stereocenters. The van der Waals surface area contributed by atoms with Crippen LogP contribution in [0.5, 0.6) is 5.75 Å². The highest BCUT2D eigenvalue weighted by Gasteiger charge is 2.34. The molecule has 1 N–H and O–H groups in total. The molecule has 0 aliphatic carbocycles. The lowest BCUT2D eigenvalue weighted by Crippen LogP contribution is -2.42. The minimum absolute atomic E-state index is 0.0875. The Balaban J connectivity index is 1.83. The van der Waals surface area contributed by atoms with Crippen molar-refractivity contribution in [3.63, 3.8) is 0 Å². The number of hydrogen-bond acceptors (Lipinski definition) is 5. The molecule has 0 bridgehead atoms. The second-order valence-electron chi connectivity index (χ2n) is 8.01. The number of nitrogens with one attached hydrogen (secondary N) is 1. The normalized spacial score (nSPS) is 11.4. The van der Waals surface area contributed by atoms with E-state index in [0.29, 0.717) is 29.3 Å². The molecule has 8 heteroatoms. The average molecular weight is 485 g/mol. The SMILES string of the molecule is CCOc1ccc([C@@H](C(=O)Nc2ccc(F)cc2)N(C(=O)c2cnccn2)c2cccc(C)c2)cc1. The highest BCUT2D eigenvalue weighted by molar-refractivity contribution is 6.11. The number of anilines is 2. The molecule has 0 radical (unpaired) electrons. The van der Waals surface area contributed by atoms with E-state index in [-0.39, 0.29) is 5.69 Å². The second-order valence-corrected chi connectivity index (χ2v) is 8.01. The monoisotopic (exact) mass is 484 g/mol. The standard InChI is InChI=1S/C28H25FN4O3/c1-3-36-24-13-7-20(8-14-24)26(27(34)32-22-11-9-21(29)10-12-22)33(23-6-4-5-19(2)17-23)28(35)25-18-30-15-16-31-25/h4-18,26H,3H2,1-2H3,(H,32,34)/t26-/m0/s1. The Hall–Kier alpha value is -4.59. The molecular formula is C28H25FN4O3. The van der Waals surface area contributed by atoms with Crippen LogP contribution in [0.4, 0.5) is 15.8 Å². The van der Waals surface area contributed by atoms with E-state index in [1.807, 2.05) is 32.0 Å². The fourth-order valence-electron chi connectivity index (χ4n) is 3.77. The molecule has 2 amide bonds. The van der Waals surface area contributed by atoms with Gasteiger partial charge in [-0.25, -0.2) is 9.37 Å². The Labute approximate surface area is 208 Å². The first-order valence-electron chi connectivity index (χ1n) is 11.4. The summed E-state index contributed by atoms with van der Waals surface area (Å²) in [6, 6.07) is 18.6. The summed E-state index contributed by atoms with van der Waals surface area (Å²) in [4.78, 5) is 37.2. The van der Waals surface area contributed by atoms with Gasteiger partial charge in [-0.2, -0.15) is 0 Å². The molecular weight excluding hydrogens is 459 g/mol. The van der Waals surface area contributed by atoms with Gasteiger partial charge < -0.3 is 10.1 Å². The fourth-order valence-corrected chi connectivity index (χ4v) is 3.77. The van der Waals surface area contributed by atoms with Crippen molar-refractivity contribution in [1.29, 1.82) is 0 Å². The first-order chi connectivity index (χ1) is 17.5. The number of aromatic nitrogens is 2. The Morgan fingerprint density at radius 1 is 1.03 bits per heavy atom. The van der Waals surface area contributed by atoms with Crippen LogP contribution in [0.25, 0.3) is 0 Å². The lowest BCUT2D eigenvalue weighted by molar-refractivity contribution is -0.117. The van der Waals surface area contributed by atoms with Crippen LogP contribution in [0.2, 0.25) is 0 Å². The lowest BCUT2D eigenvalue weighted by Gasteiger charge is -2.31. The lowest BCUT2D eigenvalue weighted by atomic mass is 10.0. The van der Waals surface area contributed by atoms with Gasteiger partial charge in [0.05, 0.1) is 12.8 Å². The largest absolute Gasteiger partial charge is 0.494 e. The molecule has 4 rings (SSSR count). The molecule has 1 atom stereocenters. The van der Waals surface area contributed by atoms with Gasteiger partial charge in [-0.05, 0) is 73.5 Å². The van der Waals surface area contributed by atoms with Gasteiger partial charge in [0.15, 0.2) is 0 Å². The maximum atomic E-state index is 13.8. The zero-order chi connectivity index (χ0) is 25.5. The van der Waals surface area contributed by atoms with Crippen LogP contribution in [0, 0.1) is 12.7 Å². The predicted molar refractivity (Wildman–Crippen MR) is 135 cm³/mol. The van der Waals surface area contributed by atoms with Crippen molar-refractivity contribution in [2.24, 2.45) is 0 Å². The van der Waals surface area contributed by atoms with Gasteiger partial charge in [-0.3, -0.25) is 19.5 Å². The van der Waals surface area contributed by atoms with Crippen molar-refractivity contribution in [2.45, 2.75) is 19.9 Å². The number of amides is 2. The van der Waals surface area contributed by atoms with Gasteiger partial charge in [0, 0.05) is 23.8 Å². The Morgan fingerprint density at radius 2 is 1.78 bits per heavy atom.